The lowest BCUT2D eigenvalue weighted by molar-refractivity contribution is -0.159. The molecule has 6 nitrogen and oxygen atoms in total. The van der Waals surface area contributed by atoms with Gasteiger partial charge in [0.2, 0.25) is 12.2 Å². The zero-order valence-corrected chi connectivity index (χ0v) is 14.8. The molecular formula is C20H19NO5. The molecule has 2 aliphatic heterocycles. The van der Waals surface area contributed by atoms with E-state index in [9.17, 15) is 9.59 Å². The van der Waals surface area contributed by atoms with Crippen LogP contribution in [-0.2, 0) is 24.7 Å². The third kappa shape index (κ3) is 2.00. The lowest BCUT2D eigenvalue weighted by Gasteiger charge is -2.34. The van der Waals surface area contributed by atoms with Gasteiger partial charge in [-0.25, -0.2) is 4.90 Å². The van der Waals surface area contributed by atoms with Gasteiger partial charge in [-0.1, -0.05) is 36.4 Å². The van der Waals surface area contributed by atoms with E-state index in [2.05, 4.69) is 0 Å². The van der Waals surface area contributed by atoms with E-state index in [1.807, 2.05) is 36.4 Å². The summed E-state index contributed by atoms with van der Waals surface area (Å²) >= 11 is 0. The van der Waals surface area contributed by atoms with Crippen LogP contribution in [0.1, 0.15) is 24.0 Å². The van der Waals surface area contributed by atoms with Crippen LogP contribution in [0.4, 0.5) is 5.69 Å². The molecule has 0 aliphatic carbocycles. The first kappa shape index (κ1) is 16.8. The lowest BCUT2D eigenvalue weighted by Crippen LogP contribution is -2.50. The Morgan fingerprint density at radius 3 is 2.50 bits per heavy atom. The zero-order valence-electron chi connectivity index (χ0n) is 14.8. The number of rotatable bonds is 3. The third-order valence-electron chi connectivity index (χ3n) is 5.14. The topological polar surface area (TPSA) is 65.1 Å². The van der Waals surface area contributed by atoms with E-state index in [-0.39, 0.29) is 5.91 Å². The highest BCUT2D eigenvalue weighted by atomic mass is 16.7. The monoisotopic (exact) mass is 353 g/mol. The van der Waals surface area contributed by atoms with Gasteiger partial charge in [-0.3, -0.25) is 9.59 Å². The smallest absolute Gasteiger partial charge is 0.271 e. The summed E-state index contributed by atoms with van der Waals surface area (Å²) in [5.74, 6) is -0.692. The van der Waals surface area contributed by atoms with Gasteiger partial charge in [0, 0.05) is 32.3 Å². The number of benzene rings is 2. The number of amides is 2. The van der Waals surface area contributed by atoms with E-state index in [0.29, 0.717) is 17.0 Å². The predicted molar refractivity (Wildman–Crippen MR) is 93.9 cm³/mol. The van der Waals surface area contributed by atoms with E-state index in [0.717, 1.165) is 5.56 Å². The number of hydrogen-bond donors (Lipinski definition) is 0. The van der Waals surface area contributed by atoms with Gasteiger partial charge >= 0.3 is 0 Å². The van der Waals surface area contributed by atoms with Gasteiger partial charge in [0.25, 0.3) is 5.91 Å². The van der Waals surface area contributed by atoms with Crippen LogP contribution in [0.5, 0.6) is 5.75 Å². The molecule has 0 N–H and O–H groups in total. The molecule has 2 aliphatic rings. The second-order valence-electron chi connectivity index (χ2n) is 6.35. The molecule has 2 aromatic rings. The van der Waals surface area contributed by atoms with Gasteiger partial charge in [-0.2, -0.15) is 0 Å². The van der Waals surface area contributed by atoms with Crippen LogP contribution >= 0.6 is 0 Å². The highest BCUT2D eigenvalue weighted by Crippen LogP contribution is 2.56. The van der Waals surface area contributed by atoms with Crippen molar-refractivity contribution < 1.29 is 23.8 Å². The van der Waals surface area contributed by atoms with Crippen LogP contribution in [0.2, 0.25) is 0 Å². The standard InChI is InChI=1S/C20H19NO5/c1-12(22)21-15-10-6-5-9-14(15)20(25-3,19(21)23)17-13-8-4-7-11-16(13)26-18(17)24-2/h4-11,17-18H,1-3H3. The molecule has 0 bridgehead atoms. The van der Waals surface area contributed by atoms with Crippen molar-refractivity contribution in [3.8, 4) is 5.75 Å². The molecule has 3 atom stereocenters. The summed E-state index contributed by atoms with van der Waals surface area (Å²) in [6.07, 6.45) is -0.712. The molecule has 2 heterocycles. The van der Waals surface area contributed by atoms with Gasteiger partial charge in [0.1, 0.15) is 5.75 Å². The molecule has 0 spiro atoms. The van der Waals surface area contributed by atoms with Gasteiger partial charge in [0.15, 0.2) is 5.60 Å². The highest BCUT2D eigenvalue weighted by Gasteiger charge is 2.62. The Balaban J connectivity index is 1.99. The quantitative estimate of drug-likeness (QED) is 0.849. The number of methoxy groups -OCH3 is 2. The third-order valence-corrected chi connectivity index (χ3v) is 5.14. The van der Waals surface area contributed by atoms with Crippen LogP contribution in [0.3, 0.4) is 0 Å². The molecule has 6 heteroatoms. The summed E-state index contributed by atoms with van der Waals surface area (Å²) < 4.78 is 17.3. The fourth-order valence-electron chi connectivity index (χ4n) is 4.09. The minimum atomic E-state index is -1.41. The van der Waals surface area contributed by atoms with Crippen LogP contribution in [0.15, 0.2) is 48.5 Å². The average Bonchev–Trinajstić information content (AvgIpc) is 3.14. The first-order valence-electron chi connectivity index (χ1n) is 8.34. The lowest BCUT2D eigenvalue weighted by atomic mass is 9.78. The first-order valence-corrected chi connectivity index (χ1v) is 8.34. The van der Waals surface area contributed by atoms with Gasteiger partial charge < -0.3 is 14.2 Å². The van der Waals surface area contributed by atoms with E-state index < -0.39 is 23.7 Å². The predicted octanol–water partition coefficient (Wildman–Crippen LogP) is 2.57. The van der Waals surface area contributed by atoms with Crippen LogP contribution in [0.25, 0.3) is 0 Å². The number of anilines is 1. The molecule has 0 aromatic heterocycles. The van der Waals surface area contributed by atoms with Gasteiger partial charge in [0.05, 0.1) is 11.6 Å². The van der Waals surface area contributed by atoms with Crippen LogP contribution in [-0.4, -0.2) is 32.3 Å². The van der Waals surface area contributed by atoms with Crippen molar-refractivity contribution in [1.29, 1.82) is 0 Å². The Kier molecular flexibility index (Phi) is 3.82. The molecule has 2 aromatic carbocycles. The van der Waals surface area contributed by atoms with E-state index in [1.54, 1.807) is 12.1 Å². The number of ether oxygens (including phenoxy) is 3. The summed E-state index contributed by atoms with van der Waals surface area (Å²) in [4.78, 5) is 26.9. The van der Waals surface area contributed by atoms with Crippen molar-refractivity contribution in [2.75, 3.05) is 19.1 Å². The molecule has 134 valence electrons. The van der Waals surface area contributed by atoms with Crippen molar-refractivity contribution in [3.05, 3.63) is 59.7 Å². The Morgan fingerprint density at radius 2 is 1.81 bits per heavy atom. The van der Waals surface area contributed by atoms with Crippen LogP contribution < -0.4 is 9.64 Å². The van der Waals surface area contributed by atoms with E-state index in [4.69, 9.17) is 14.2 Å². The molecule has 0 fully saturated rings. The van der Waals surface area contributed by atoms with Crippen molar-refractivity contribution in [2.45, 2.75) is 24.7 Å². The summed E-state index contributed by atoms with van der Waals surface area (Å²) in [6, 6.07) is 14.6. The number of para-hydroxylation sites is 2. The Morgan fingerprint density at radius 1 is 1.12 bits per heavy atom. The second-order valence-corrected chi connectivity index (χ2v) is 6.35. The summed E-state index contributed by atoms with van der Waals surface area (Å²) in [5.41, 5.74) is 0.575. The average molecular weight is 353 g/mol. The number of fused-ring (bicyclic) bond motifs is 2. The minimum Gasteiger partial charge on any atom is -0.464 e. The molecule has 0 radical (unpaired) electrons. The molecule has 0 saturated heterocycles. The summed E-state index contributed by atoms with van der Waals surface area (Å²) in [6.45, 7) is 1.37. The van der Waals surface area contributed by atoms with Gasteiger partial charge in [-0.05, 0) is 12.1 Å². The molecular weight excluding hydrogens is 334 g/mol. The summed E-state index contributed by atoms with van der Waals surface area (Å²) in [7, 11) is 3.01. The SMILES string of the molecule is COC1Oc2ccccc2C1C1(OC)C(=O)N(C(C)=O)c2ccccc21. The maximum absolute atomic E-state index is 13.5. The maximum atomic E-state index is 13.5. The number of imide groups is 1. The second kappa shape index (κ2) is 5.93. The zero-order chi connectivity index (χ0) is 18.5. The summed E-state index contributed by atoms with van der Waals surface area (Å²) in [5, 5.41) is 0. The fraction of sp³-hybridized carbons (Fsp3) is 0.300. The van der Waals surface area contributed by atoms with Crippen molar-refractivity contribution in [1.82, 2.24) is 0 Å². The largest absolute Gasteiger partial charge is 0.464 e. The molecule has 2 amide bonds. The Hall–Kier alpha value is -2.70. The maximum Gasteiger partial charge on any atom is 0.271 e. The number of carbonyl (C=O) groups excluding carboxylic acids is 2. The Bertz CT molecular complexity index is 895. The normalized spacial score (nSPS) is 26.4. The fourth-order valence-corrected chi connectivity index (χ4v) is 4.09. The van der Waals surface area contributed by atoms with Crippen molar-refractivity contribution in [2.24, 2.45) is 0 Å². The van der Waals surface area contributed by atoms with Crippen LogP contribution in [0, 0.1) is 0 Å². The first-order chi connectivity index (χ1) is 12.6. The van der Waals surface area contributed by atoms with E-state index >= 15 is 0 Å². The number of hydrogen-bond acceptors (Lipinski definition) is 5. The Labute approximate surface area is 151 Å². The van der Waals surface area contributed by atoms with Gasteiger partial charge in [-0.15, -0.1) is 0 Å². The molecule has 0 saturated carbocycles. The van der Waals surface area contributed by atoms with Crippen molar-refractivity contribution >= 4 is 17.5 Å². The van der Waals surface area contributed by atoms with Crippen molar-refractivity contribution in [3.63, 3.8) is 0 Å². The van der Waals surface area contributed by atoms with E-state index in [1.165, 1.54) is 26.0 Å². The minimum absolute atomic E-state index is 0.359. The number of nitrogens with zero attached hydrogens (tertiary/aromatic N) is 1. The number of carbonyl (C=O) groups is 2. The molecule has 4 rings (SSSR count). The molecule has 3 unspecified atom stereocenters. The molecule has 26 heavy (non-hydrogen) atoms. The highest BCUT2D eigenvalue weighted by molar-refractivity contribution is 6.22.